The Balaban J connectivity index is 2.64. The Morgan fingerprint density at radius 1 is 1.05 bits per heavy atom. The molecule has 0 spiro atoms. The second-order valence-electron chi connectivity index (χ2n) is 5.05. The smallest absolute Gasteiger partial charge is 0.337 e. The van der Waals surface area contributed by atoms with Gasteiger partial charge in [-0.15, -0.1) is 0 Å². The number of nitrogens with zero attached hydrogens (tertiary/aromatic N) is 2. The molecule has 1 unspecified atom stereocenters. The topological polar surface area (TPSA) is 51.2 Å². The van der Waals surface area contributed by atoms with Crippen LogP contribution in [0.15, 0.2) is 12.4 Å². The summed E-state index contributed by atoms with van der Waals surface area (Å²) in [7, 11) is -1.66. The zero-order chi connectivity index (χ0) is 15.7. The number of rotatable bonds is 11. The maximum atomic E-state index is 12.8. The minimum absolute atomic E-state index is 0.385. The largest absolute Gasteiger partial charge is 0.478 e. The summed E-state index contributed by atoms with van der Waals surface area (Å²) in [5.74, 6) is 0. The van der Waals surface area contributed by atoms with Crippen LogP contribution in [0.3, 0.4) is 0 Å². The van der Waals surface area contributed by atoms with E-state index in [2.05, 4.69) is 13.8 Å². The lowest BCUT2D eigenvalue weighted by Crippen LogP contribution is -2.38. The molecule has 6 nitrogen and oxygen atoms in total. The van der Waals surface area contributed by atoms with E-state index in [1.54, 1.807) is 0 Å². The summed E-state index contributed by atoms with van der Waals surface area (Å²) in [4.78, 5) is 3.79. The molecule has 1 atom stereocenters. The Hall–Kier alpha value is -0.550. The standard InChI is InChI=1S/C14H29N2O4P/c1-5-8-12-18-21(17,19-13-9-6-2)20-14-15(4)10-11-16(14)7-3/h10-11,14H,5-9,12-13H2,1-4H3. The highest BCUT2D eigenvalue weighted by molar-refractivity contribution is 7.48. The molecule has 1 heterocycles. The van der Waals surface area contributed by atoms with Gasteiger partial charge in [-0.3, -0.25) is 9.05 Å². The van der Waals surface area contributed by atoms with E-state index in [-0.39, 0.29) is 0 Å². The summed E-state index contributed by atoms with van der Waals surface area (Å²) in [5.41, 5.74) is 0. The summed E-state index contributed by atoms with van der Waals surface area (Å²) in [6.07, 6.45) is 6.97. The second kappa shape index (κ2) is 9.46. The van der Waals surface area contributed by atoms with Gasteiger partial charge in [-0.2, -0.15) is 0 Å². The molecule has 0 saturated heterocycles. The van der Waals surface area contributed by atoms with Crippen molar-refractivity contribution in [2.75, 3.05) is 26.8 Å². The summed E-state index contributed by atoms with van der Waals surface area (Å²) in [6, 6.07) is 0. The van der Waals surface area contributed by atoms with Crippen LogP contribution in [-0.4, -0.2) is 43.0 Å². The van der Waals surface area contributed by atoms with Crippen LogP contribution in [0.4, 0.5) is 0 Å². The first-order valence-corrected chi connectivity index (χ1v) is 9.25. The number of unbranched alkanes of at least 4 members (excludes halogenated alkanes) is 2. The molecule has 0 fully saturated rings. The Morgan fingerprint density at radius 2 is 1.62 bits per heavy atom. The van der Waals surface area contributed by atoms with Crippen molar-refractivity contribution in [1.29, 1.82) is 0 Å². The van der Waals surface area contributed by atoms with Crippen LogP contribution < -0.4 is 0 Å². The Labute approximate surface area is 128 Å². The molecule has 0 bridgehead atoms. The highest BCUT2D eigenvalue weighted by atomic mass is 31.2. The lowest BCUT2D eigenvalue weighted by atomic mass is 10.4. The van der Waals surface area contributed by atoms with E-state index < -0.39 is 14.2 Å². The molecule has 124 valence electrons. The second-order valence-corrected chi connectivity index (χ2v) is 6.67. The highest BCUT2D eigenvalue weighted by Gasteiger charge is 2.35. The maximum Gasteiger partial charge on any atom is 0.478 e. The third kappa shape index (κ3) is 5.99. The van der Waals surface area contributed by atoms with Gasteiger partial charge in [0.25, 0.3) is 0 Å². The van der Waals surface area contributed by atoms with Gasteiger partial charge in [-0.05, 0) is 19.8 Å². The molecule has 0 aromatic rings. The van der Waals surface area contributed by atoms with Gasteiger partial charge in [0.15, 0.2) is 0 Å². The summed E-state index contributed by atoms with van der Waals surface area (Å²) in [5, 5.41) is 0. The van der Waals surface area contributed by atoms with E-state index in [9.17, 15) is 4.57 Å². The van der Waals surface area contributed by atoms with Gasteiger partial charge in [-0.1, -0.05) is 26.7 Å². The molecule has 0 saturated carbocycles. The lowest BCUT2D eigenvalue weighted by molar-refractivity contribution is -0.0440. The third-order valence-electron chi connectivity index (χ3n) is 3.21. The van der Waals surface area contributed by atoms with Gasteiger partial charge in [-0.25, -0.2) is 9.09 Å². The predicted octanol–water partition coefficient (Wildman–Crippen LogP) is 3.77. The fourth-order valence-electron chi connectivity index (χ4n) is 1.82. The zero-order valence-electron chi connectivity index (χ0n) is 13.7. The van der Waals surface area contributed by atoms with Gasteiger partial charge in [0.05, 0.1) is 13.2 Å². The van der Waals surface area contributed by atoms with Crippen LogP contribution in [-0.2, 0) is 18.1 Å². The Morgan fingerprint density at radius 3 is 2.10 bits per heavy atom. The van der Waals surface area contributed by atoms with E-state index in [1.807, 2.05) is 36.2 Å². The van der Waals surface area contributed by atoms with Crippen molar-refractivity contribution in [2.45, 2.75) is 52.8 Å². The van der Waals surface area contributed by atoms with Crippen LogP contribution in [0.25, 0.3) is 0 Å². The fraction of sp³-hybridized carbons (Fsp3) is 0.857. The van der Waals surface area contributed by atoms with Gasteiger partial charge < -0.3 is 9.80 Å². The fourth-order valence-corrected chi connectivity index (χ4v) is 3.23. The van der Waals surface area contributed by atoms with Crippen LogP contribution in [0.1, 0.15) is 46.5 Å². The van der Waals surface area contributed by atoms with Crippen molar-refractivity contribution < 1.29 is 18.1 Å². The van der Waals surface area contributed by atoms with E-state index in [1.165, 1.54) is 0 Å². The normalized spacial score (nSPS) is 18.8. The van der Waals surface area contributed by atoms with Crippen LogP contribution in [0.2, 0.25) is 0 Å². The average Bonchev–Trinajstić information content (AvgIpc) is 2.80. The molecule has 0 aliphatic carbocycles. The first-order valence-electron chi connectivity index (χ1n) is 7.79. The van der Waals surface area contributed by atoms with Crippen LogP contribution in [0, 0.1) is 0 Å². The van der Waals surface area contributed by atoms with Crippen molar-refractivity contribution in [3.63, 3.8) is 0 Å². The third-order valence-corrected chi connectivity index (χ3v) is 4.65. The molecule has 1 aliphatic rings. The first kappa shape index (κ1) is 18.5. The van der Waals surface area contributed by atoms with Crippen molar-refractivity contribution in [3.8, 4) is 0 Å². The molecule has 1 rings (SSSR count). The summed E-state index contributed by atoms with van der Waals surface area (Å²) < 4.78 is 29.4. The number of phosphoric ester groups is 1. The van der Waals surface area contributed by atoms with Crippen molar-refractivity contribution in [1.82, 2.24) is 9.80 Å². The van der Waals surface area contributed by atoms with Gasteiger partial charge in [0, 0.05) is 26.0 Å². The van der Waals surface area contributed by atoms with Crippen LogP contribution in [0.5, 0.6) is 0 Å². The van der Waals surface area contributed by atoms with Gasteiger partial charge in [0.1, 0.15) is 0 Å². The molecule has 0 aromatic heterocycles. The Bertz CT molecular complexity index is 351. The maximum absolute atomic E-state index is 12.8. The monoisotopic (exact) mass is 320 g/mol. The van der Waals surface area contributed by atoms with Crippen molar-refractivity contribution in [3.05, 3.63) is 12.4 Å². The van der Waals surface area contributed by atoms with E-state index in [4.69, 9.17) is 13.6 Å². The number of hydrogen-bond donors (Lipinski definition) is 0. The molecular formula is C14H29N2O4P. The number of hydrogen-bond acceptors (Lipinski definition) is 6. The zero-order valence-corrected chi connectivity index (χ0v) is 14.6. The van der Waals surface area contributed by atoms with Crippen LogP contribution >= 0.6 is 7.82 Å². The van der Waals surface area contributed by atoms with E-state index >= 15 is 0 Å². The summed E-state index contributed by atoms with van der Waals surface area (Å²) >= 11 is 0. The molecule has 0 amide bonds. The quantitative estimate of drug-likeness (QED) is 0.427. The molecule has 1 aliphatic heterocycles. The minimum atomic E-state index is -3.54. The van der Waals surface area contributed by atoms with E-state index in [0.29, 0.717) is 13.2 Å². The Kier molecular flexibility index (Phi) is 8.34. The minimum Gasteiger partial charge on any atom is -0.337 e. The molecule has 0 aromatic carbocycles. The van der Waals surface area contributed by atoms with Crippen molar-refractivity contribution in [2.24, 2.45) is 0 Å². The lowest BCUT2D eigenvalue weighted by Gasteiger charge is -2.31. The van der Waals surface area contributed by atoms with Gasteiger partial charge in [0.2, 0.25) is 6.35 Å². The molecule has 21 heavy (non-hydrogen) atoms. The summed E-state index contributed by atoms with van der Waals surface area (Å²) in [6.45, 7) is 7.66. The number of phosphoric acid groups is 1. The SMILES string of the molecule is CCCCOP(=O)(OCCCC)OC1N(C)C=CN1CC. The predicted molar refractivity (Wildman–Crippen MR) is 83.5 cm³/mol. The van der Waals surface area contributed by atoms with Gasteiger partial charge >= 0.3 is 7.82 Å². The first-order chi connectivity index (χ1) is 10.1. The molecular weight excluding hydrogens is 291 g/mol. The average molecular weight is 320 g/mol. The molecule has 7 heteroatoms. The molecule has 0 N–H and O–H groups in total. The highest BCUT2D eigenvalue weighted by Crippen LogP contribution is 2.52. The van der Waals surface area contributed by atoms with E-state index in [0.717, 1.165) is 32.2 Å². The van der Waals surface area contributed by atoms with Crippen molar-refractivity contribution >= 4 is 7.82 Å². The molecule has 0 radical (unpaired) electrons.